The first-order valence-electron chi connectivity index (χ1n) is 7.56. The molecule has 1 saturated carbocycles. The number of aryl methyl sites for hydroxylation is 1. The summed E-state index contributed by atoms with van der Waals surface area (Å²) in [5.41, 5.74) is 8.19. The number of rotatable bonds is 3. The molecule has 108 valence electrons. The number of nitrogens with zero attached hydrogens (tertiary/aromatic N) is 1. The van der Waals surface area contributed by atoms with E-state index in [2.05, 4.69) is 26.0 Å². The highest BCUT2D eigenvalue weighted by Gasteiger charge is 2.54. The van der Waals surface area contributed by atoms with Gasteiger partial charge in [0.05, 0.1) is 5.41 Å². The third kappa shape index (κ3) is 2.05. The van der Waals surface area contributed by atoms with Gasteiger partial charge in [-0.05, 0) is 49.3 Å². The first-order valence-corrected chi connectivity index (χ1v) is 7.56. The molecule has 1 atom stereocenters. The van der Waals surface area contributed by atoms with Gasteiger partial charge in [0.15, 0.2) is 0 Å². The number of likely N-dealkylation sites (tertiary alicyclic amines) is 1. The smallest absolute Gasteiger partial charge is 0.233 e. The van der Waals surface area contributed by atoms with Crippen LogP contribution in [0.4, 0.5) is 0 Å². The van der Waals surface area contributed by atoms with Gasteiger partial charge >= 0.3 is 0 Å². The van der Waals surface area contributed by atoms with Gasteiger partial charge in [0.25, 0.3) is 0 Å². The summed E-state index contributed by atoms with van der Waals surface area (Å²) < 4.78 is 0. The Labute approximate surface area is 121 Å². The molecule has 1 heterocycles. The second-order valence-corrected chi connectivity index (χ2v) is 6.89. The van der Waals surface area contributed by atoms with Crippen molar-refractivity contribution in [2.75, 3.05) is 19.6 Å². The second-order valence-electron chi connectivity index (χ2n) is 6.89. The molecule has 0 spiro atoms. The topological polar surface area (TPSA) is 46.3 Å². The molecule has 1 unspecified atom stereocenters. The highest BCUT2D eigenvalue weighted by Crippen LogP contribution is 2.51. The Morgan fingerprint density at radius 3 is 2.55 bits per heavy atom. The first kappa shape index (κ1) is 13.6. The summed E-state index contributed by atoms with van der Waals surface area (Å²) in [6.07, 6.45) is 3.01. The average molecular weight is 272 g/mol. The van der Waals surface area contributed by atoms with Gasteiger partial charge in [0.2, 0.25) is 5.91 Å². The number of carbonyl (C=O) groups is 1. The Kier molecular flexibility index (Phi) is 3.13. The van der Waals surface area contributed by atoms with Gasteiger partial charge in [-0.15, -0.1) is 0 Å². The summed E-state index contributed by atoms with van der Waals surface area (Å²) in [6, 6.07) is 8.32. The quantitative estimate of drug-likeness (QED) is 0.917. The van der Waals surface area contributed by atoms with Gasteiger partial charge in [0.1, 0.15) is 0 Å². The van der Waals surface area contributed by atoms with E-state index in [0.717, 1.165) is 32.4 Å². The maximum Gasteiger partial charge on any atom is 0.233 e. The predicted molar refractivity (Wildman–Crippen MR) is 80.4 cm³/mol. The third-order valence-corrected chi connectivity index (χ3v) is 5.16. The van der Waals surface area contributed by atoms with Gasteiger partial charge in [-0.1, -0.05) is 31.2 Å². The number of carbonyl (C=O) groups excluding carboxylic acids is 1. The minimum absolute atomic E-state index is 0.109. The lowest BCUT2D eigenvalue weighted by atomic mass is 9.89. The van der Waals surface area contributed by atoms with Crippen LogP contribution in [0.15, 0.2) is 24.3 Å². The average Bonchev–Trinajstić information content (AvgIpc) is 3.16. The zero-order valence-electron chi connectivity index (χ0n) is 12.5. The van der Waals surface area contributed by atoms with Crippen LogP contribution < -0.4 is 5.73 Å². The Morgan fingerprint density at radius 2 is 2.00 bits per heavy atom. The summed E-state index contributed by atoms with van der Waals surface area (Å²) in [4.78, 5) is 15.0. The van der Waals surface area contributed by atoms with Crippen LogP contribution in [0.3, 0.4) is 0 Å². The van der Waals surface area contributed by atoms with Crippen molar-refractivity contribution in [3.8, 4) is 0 Å². The van der Waals surface area contributed by atoms with Crippen molar-refractivity contribution in [1.29, 1.82) is 0 Å². The summed E-state index contributed by atoms with van der Waals surface area (Å²) in [7, 11) is 0. The van der Waals surface area contributed by atoms with Crippen LogP contribution in [-0.4, -0.2) is 30.4 Å². The number of nitrogens with two attached hydrogens (primary N) is 1. The van der Waals surface area contributed by atoms with E-state index < -0.39 is 0 Å². The van der Waals surface area contributed by atoms with Crippen molar-refractivity contribution >= 4 is 5.91 Å². The van der Waals surface area contributed by atoms with Crippen molar-refractivity contribution in [2.45, 2.75) is 38.5 Å². The van der Waals surface area contributed by atoms with E-state index in [9.17, 15) is 4.79 Å². The molecule has 20 heavy (non-hydrogen) atoms. The molecule has 1 aromatic carbocycles. The molecule has 0 bridgehead atoms. The molecule has 1 aromatic rings. The van der Waals surface area contributed by atoms with E-state index in [-0.39, 0.29) is 10.8 Å². The van der Waals surface area contributed by atoms with Crippen LogP contribution in [0.2, 0.25) is 0 Å². The SMILES string of the molecule is Cc1ccccc1C1(C(=O)N2CCC(C)(CN)C2)CC1. The lowest BCUT2D eigenvalue weighted by Gasteiger charge is -2.27. The predicted octanol–water partition coefficient (Wildman–Crippen LogP) is 2.22. The second kappa shape index (κ2) is 4.59. The van der Waals surface area contributed by atoms with Crippen LogP contribution in [-0.2, 0) is 10.2 Å². The number of amides is 1. The van der Waals surface area contributed by atoms with Crippen LogP contribution >= 0.6 is 0 Å². The molecule has 0 aromatic heterocycles. The fraction of sp³-hybridized carbons (Fsp3) is 0.588. The molecule has 2 aliphatic rings. The Balaban J connectivity index is 1.83. The molecule has 2 fully saturated rings. The molecule has 1 aliphatic carbocycles. The highest BCUT2D eigenvalue weighted by atomic mass is 16.2. The largest absolute Gasteiger partial charge is 0.341 e. The molecular formula is C17H24N2O. The molecule has 3 rings (SSSR count). The Bertz CT molecular complexity index is 536. The zero-order valence-corrected chi connectivity index (χ0v) is 12.5. The molecule has 1 aliphatic heterocycles. The van der Waals surface area contributed by atoms with Gasteiger partial charge < -0.3 is 10.6 Å². The number of hydrogen-bond donors (Lipinski definition) is 1. The molecular weight excluding hydrogens is 248 g/mol. The van der Waals surface area contributed by atoms with Gasteiger partial charge in [-0.3, -0.25) is 4.79 Å². The van der Waals surface area contributed by atoms with E-state index in [1.807, 2.05) is 17.0 Å². The summed E-state index contributed by atoms with van der Waals surface area (Å²) in [5, 5.41) is 0. The van der Waals surface area contributed by atoms with Crippen LogP contribution in [0, 0.1) is 12.3 Å². The monoisotopic (exact) mass is 272 g/mol. The minimum atomic E-state index is -0.231. The van der Waals surface area contributed by atoms with E-state index in [1.165, 1.54) is 11.1 Å². The normalized spacial score (nSPS) is 27.6. The fourth-order valence-corrected chi connectivity index (χ4v) is 3.50. The van der Waals surface area contributed by atoms with E-state index in [0.29, 0.717) is 12.5 Å². The molecule has 1 saturated heterocycles. The van der Waals surface area contributed by atoms with Crippen molar-refractivity contribution < 1.29 is 4.79 Å². The minimum Gasteiger partial charge on any atom is -0.341 e. The molecule has 0 radical (unpaired) electrons. The molecule has 1 amide bonds. The van der Waals surface area contributed by atoms with E-state index in [1.54, 1.807) is 0 Å². The maximum absolute atomic E-state index is 13.0. The van der Waals surface area contributed by atoms with Crippen molar-refractivity contribution in [3.05, 3.63) is 35.4 Å². The number of hydrogen-bond acceptors (Lipinski definition) is 2. The lowest BCUT2D eigenvalue weighted by Crippen LogP contribution is -2.40. The first-order chi connectivity index (χ1) is 9.51. The standard InChI is InChI=1S/C17H24N2O/c1-13-5-3-4-6-14(13)17(7-8-17)15(20)19-10-9-16(2,11-18)12-19/h3-6H,7-12,18H2,1-2H3. The third-order valence-electron chi connectivity index (χ3n) is 5.16. The lowest BCUT2D eigenvalue weighted by molar-refractivity contribution is -0.133. The molecule has 2 N–H and O–H groups in total. The van der Waals surface area contributed by atoms with Crippen molar-refractivity contribution in [2.24, 2.45) is 11.1 Å². The van der Waals surface area contributed by atoms with Crippen LogP contribution in [0.5, 0.6) is 0 Å². The van der Waals surface area contributed by atoms with Crippen LogP contribution in [0.25, 0.3) is 0 Å². The van der Waals surface area contributed by atoms with Gasteiger partial charge in [-0.25, -0.2) is 0 Å². The highest BCUT2D eigenvalue weighted by molar-refractivity contribution is 5.92. The summed E-state index contributed by atoms with van der Waals surface area (Å²) in [6.45, 7) is 6.63. The van der Waals surface area contributed by atoms with E-state index >= 15 is 0 Å². The summed E-state index contributed by atoms with van der Waals surface area (Å²) >= 11 is 0. The zero-order chi connectivity index (χ0) is 14.4. The summed E-state index contributed by atoms with van der Waals surface area (Å²) in [5.74, 6) is 0.323. The van der Waals surface area contributed by atoms with Crippen molar-refractivity contribution in [1.82, 2.24) is 4.90 Å². The maximum atomic E-state index is 13.0. The Morgan fingerprint density at radius 1 is 1.30 bits per heavy atom. The molecule has 3 nitrogen and oxygen atoms in total. The van der Waals surface area contributed by atoms with Gasteiger partial charge in [-0.2, -0.15) is 0 Å². The van der Waals surface area contributed by atoms with Crippen LogP contribution in [0.1, 0.15) is 37.3 Å². The Hall–Kier alpha value is -1.35. The fourth-order valence-electron chi connectivity index (χ4n) is 3.50. The van der Waals surface area contributed by atoms with Crippen molar-refractivity contribution in [3.63, 3.8) is 0 Å². The van der Waals surface area contributed by atoms with Gasteiger partial charge in [0, 0.05) is 13.1 Å². The molecule has 3 heteroatoms. The van der Waals surface area contributed by atoms with E-state index in [4.69, 9.17) is 5.73 Å². The number of benzene rings is 1.